The quantitative estimate of drug-likeness (QED) is 0.527. The minimum absolute atomic E-state index is 0.0530. The van der Waals surface area contributed by atoms with Crippen molar-refractivity contribution in [2.45, 2.75) is 6.42 Å². The summed E-state index contributed by atoms with van der Waals surface area (Å²) in [6.45, 7) is 0. The molecule has 0 radical (unpaired) electrons. The minimum atomic E-state index is -0.134. The maximum absolute atomic E-state index is 12.2. The van der Waals surface area contributed by atoms with Crippen LogP contribution in [0.3, 0.4) is 0 Å². The maximum atomic E-state index is 12.2. The highest BCUT2D eigenvalue weighted by atomic mass is 16.5. The lowest BCUT2D eigenvalue weighted by atomic mass is 10.1. The molecule has 2 N–H and O–H groups in total. The molecule has 0 aliphatic heterocycles. The van der Waals surface area contributed by atoms with E-state index >= 15 is 0 Å². The van der Waals surface area contributed by atoms with E-state index in [1.807, 2.05) is 12.1 Å². The van der Waals surface area contributed by atoms with Gasteiger partial charge in [0.1, 0.15) is 11.8 Å². The van der Waals surface area contributed by atoms with Crippen LogP contribution in [0.5, 0.6) is 0 Å². The standard InChI is InChI=1S/C16H14N4O2/c1-22-16(18)20-13-4-2-3-11(7-13)8-15(21)14-6-5-12(9-17)10-19-14/h2-7,10H,8H2,1H3,(H2,18,20). The second-order valence-corrected chi connectivity index (χ2v) is 4.47. The number of aliphatic imine (C=N–C) groups is 1. The molecule has 6 nitrogen and oxygen atoms in total. The van der Waals surface area contributed by atoms with Crippen LogP contribution in [0.25, 0.3) is 0 Å². The second kappa shape index (κ2) is 6.99. The van der Waals surface area contributed by atoms with Gasteiger partial charge in [-0.2, -0.15) is 10.3 Å². The third-order valence-corrected chi connectivity index (χ3v) is 2.90. The van der Waals surface area contributed by atoms with Crippen molar-refractivity contribution in [3.63, 3.8) is 0 Å². The summed E-state index contributed by atoms with van der Waals surface area (Å²) in [5.74, 6) is -0.134. The molecule has 0 spiro atoms. The van der Waals surface area contributed by atoms with Gasteiger partial charge in [0.25, 0.3) is 6.02 Å². The van der Waals surface area contributed by atoms with Crippen LogP contribution in [-0.4, -0.2) is 23.9 Å². The van der Waals surface area contributed by atoms with Gasteiger partial charge in [-0.05, 0) is 29.8 Å². The molecule has 0 aliphatic rings. The summed E-state index contributed by atoms with van der Waals surface area (Å²) in [6, 6.07) is 12.3. The van der Waals surface area contributed by atoms with Gasteiger partial charge in [-0.15, -0.1) is 0 Å². The summed E-state index contributed by atoms with van der Waals surface area (Å²) in [7, 11) is 1.43. The van der Waals surface area contributed by atoms with Gasteiger partial charge in [0.05, 0.1) is 18.4 Å². The van der Waals surface area contributed by atoms with Crippen LogP contribution in [0.4, 0.5) is 5.69 Å². The summed E-state index contributed by atoms with van der Waals surface area (Å²) in [5, 5.41) is 8.72. The lowest BCUT2D eigenvalue weighted by molar-refractivity contribution is 0.0988. The first-order chi connectivity index (χ1) is 10.6. The van der Waals surface area contributed by atoms with Gasteiger partial charge in [-0.25, -0.2) is 0 Å². The monoisotopic (exact) mass is 294 g/mol. The molecule has 0 aliphatic carbocycles. The van der Waals surface area contributed by atoms with E-state index in [9.17, 15) is 4.79 Å². The van der Waals surface area contributed by atoms with Crippen molar-refractivity contribution in [1.29, 1.82) is 5.26 Å². The van der Waals surface area contributed by atoms with E-state index < -0.39 is 0 Å². The van der Waals surface area contributed by atoms with Crippen molar-refractivity contribution in [1.82, 2.24) is 4.98 Å². The van der Waals surface area contributed by atoms with Crippen LogP contribution in [0.1, 0.15) is 21.6 Å². The Balaban J connectivity index is 2.14. The highest BCUT2D eigenvalue weighted by Crippen LogP contribution is 2.16. The molecule has 110 valence electrons. The van der Waals surface area contributed by atoms with Crippen molar-refractivity contribution < 1.29 is 9.53 Å². The normalized spacial score (nSPS) is 10.8. The molecule has 2 rings (SSSR count). The molecule has 0 saturated carbocycles. The molecular weight excluding hydrogens is 280 g/mol. The van der Waals surface area contributed by atoms with Crippen LogP contribution in [0.15, 0.2) is 47.6 Å². The van der Waals surface area contributed by atoms with Gasteiger partial charge in [0.2, 0.25) is 0 Å². The summed E-state index contributed by atoms with van der Waals surface area (Å²) in [5.41, 5.74) is 7.64. The van der Waals surface area contributed by atoms with Gasteiger partial charge in [0.15, 0.2) is 5.78 Å². The van der Waals surface area contributed by atoms with Crippen LogP contribution < -0.4 is 5.73 Å². The molecule has 0 atom stereocenters. The Hall–Kier alpha value is -3.20. The molecule has 6 heteroatoms. The van der Waals surface area contributed by atoms with E-state index in [-0.39, 0.29) is 18.2 Å². The number of carbonyl (C=O) groups is 1. The molecule has 2 aromatic rings. The number of methoxy groups -OCH3 is 1. The molecule has 1 aromatic carbocycles. The first-order valence-electron chi connectivity index (χ1n) is 6.49. The average molecular weight is 294 g/mol. The Morgan fingerprint density at radius 2 is 2.23 bits per heavy atom. The van der Waals surface area contributed by atoms with Crippen molar-refractivity contribution in [3.05, 3.63) is 59.4 Å². The summed E-state index contributed by atoms with van der Waals surface area (Å²) in [6.07, 6.45) is 1.57. The van der Waals surface area contributed by atoms with Crippen LogP contribution >= 0.6 is 0 Å². The fraction of sp³-hybridized carbons (Fsp3) is 0.125. The van der Waals surface area contributed by atoms with Gasteiger partial charge in [-0.1, -0.05) is 12.1 Å². The number of ether oxygens (including phenoxy) is 1. The first kappa shape index (κ1) is 15.2. The number of Topliss-reactive ketones (excluding diaryl/α,β-unsaturated/α-hetero) is 1. The number of nitrogens with zero attached hydrogens (tertiary/aromatic N) is 3. The number of carbonyl (C=O) groups excluding carboxylic acids is 1. The zero-order chi connectivity index (χ0) is 15.9. The van der Waals surface area contributed by atoms with Crippen molar-refractivity contribution in [3.8, 4) is 6.07 Å². The van der Waals surface area contributed by atoms with Gasteiger partial charge >= 0.3 is 0 Å². The second-order valence-electron chi connectivity index (χ2n) is 4.47. The predicted octanol–water partition coefficient (Wildman–Crippen LogP) is 1.97. The minimum Gasteiger partial charge on any atom is -0.469 e. The van der Waals surface area contributed by atoms with Gasteiger partial charge < -0.3 is 10.5 Å². The molecule has 1 aromatic heterocycles. The van der Waals surface area contributed by atoms with E-state index in [1.54, 1.807) is 30.3 Å². The van der Waals surface area contributed by atoms with Gasteiger partial charge in [0, 0.05) is 12.6 Å². The smallest absolute Gasteiger partial charge is 0.286 e. The number of benzene rings is 1. The number of rotatable bonds is 4. The SMILES string of the molecule is COC(N)=Nc1cccc(CC(=O)c2ccc(C#N)cn2)c1. The zero-order valence-electron chi connectivity index (χ0n) is 12.0. The summed E-state index contributed by atoms with van der Waals surface area (Å²) >= 11 is 0. The number of aromatic nitrogens is 1. The molecule has 22 heavy (non-hydrogen) atoms. The van der Waals surface area contributed by atoms with Gasteiger partial charge in [-0.3, -0.25) is 9.78 Å². The van der Waals surface area contributed by atoms with Crippen molar-refractivity contribution in [2.24, 2.45) is 10.7 Å². The molecule has 0 fully saturated rings. The first-order valence-corrected chi connectivity index (χ1v) is 6.49. The number of hydrogen-bond acceptors (Lipinski definition) is 5. The number of pyridine rings is 1. The number of ketones is 1. The Morgan fingerprint density at radius 1 is 1.41 bits per heavy atom. The predicted molar refractivity (Wildman–Crippen MR) is 81.7 cm³/mol. The molecule has 0 amide bonds. The van der Waals surface area contributed by atoms with E-state index in [0.717, 1.165) is 5.56 Å². The highest BCUT2D eigenvalue weighted by Gasteiger charge is 2.09. The number of nitrogens with two attached hydrogens (primary N) is 1. The molecule has 0 unspecified atom stereocenters. The van der Waals surface area contributed by atoms with Crippen LogP contribution in [0, 0.1) is 11.3 Å². The number of nitriles is 1. The molecule has 0 bridgehead atoms. The maximum Gasteiger partial charge on any atom is 0.286 e. The van der Waals surface area contributed by atoms with Crippen molar-refractivity contribution >= 4 is 17.5 Å². The molecule has 0 saturated heterocycles. The van der Waals surface area contributed by atoms with Crippen LogP contribution in [0.2, 0.25) is 0 Å². The van der Waals surface area contributed by atoms with E-state index in [0.29, 0.717) is 16.9 Å². The van der Waals surface area contributed by atoms with E-state index in [4.69, 9.17) is 15.7 Å². The average Bonchev–Trinajstić information content (AvgIpc) is 2.55. The van der Waals surface area contributed by atoms with Crippen LogP contribution in [-0.2, 0) is 11.2 Å². The number of amidine groups is 1. The Kier molecular flexibility index (Phi) is 4.83. The largest absolute Gasteiger partial charge is 0.469 e. The fourth-order valence-corrected chi connectivity index (χ4v) is 1.81. The topological polar surface area (TPSA) is 101 Å². The lowest BCUT2D eigenvalue weighted by Crippen LogP contribution is -2.12. The highest BCUT2D eigenvalue weighted by molar-refractivity contribution is 5.95. The zero-order valence-corrected chi connectivity index (χ0v) is 12.0. The third-order valence-electron chi connectivity index (χ3n) is 2.90. The summed E-state index contributed by atoms with van der Waals surface area (Å²) < 4.78 is 4.79. The molecular formula is C16H14N4O2. The van der Waals surface area contributed by atoms with E-state index in [1.165, 1.54) is 13.3 Å². The number of hydrogen-bond donors (Lipinski definition) is 1. The summed E-state index contributed by atoms with van der Waals surface area (Å²) in [4.78, 5) is 20.2. The van der Waals surface area contributed by atoms with E-state index in [2.05, 4.69) is 9.98 Å². The fourth-order valence-electron chi connectivity index (χ4n) is 1.81. The Morgan fingerprint density at radius 3 is 2.86 bits per heavy atom. The third kappa shape index (κ3) is 3.90. The Bertz CT molecular complexity index is 745. The molecule has 1 heterocycles. The van der Waals surface area contributed by atoms with Crippen molar-refractivity contribution in [2.75, 3.05) is 7.11 Å². The lowest BCUT2D eigenvalue weighted by Gasteiger charge is -2.03. The Labute approximate surface area is 127 Å².